The van der Waals surface area contributed by atoms with Crippen LogP contribution in [0.3, 0.4) is 0 Å². The Hall–Kier alpha value is -2.26. The zero-order chi connectivity index (χ0) is 13.2. The molecule has 0 amide bonds. The van der Waals surface area contributed by atoms with Gasteiger partial charge in [0.2, 0.25) is 0 Å². The number of benzene rings is 2. The minimum Gasteiger partial charge on any atom is -0.454 e. The number of nitrogens with zero attached hydrogens (tertiary/aromatic N) is 1. The van der Waals surface area contributed by atoms with Crippen molar-refractivity contribution in [3.05, 3.63) is 59.8 Å². The third-order valence-electron chi connectivity index (χ3n) is 2.80. The molecule has 3 rings (SSSR count). The van der Waals surface area contributed by atoms with Gasteiger partial charge in [-0.05, 0) is 36.4 Å². The van der Waals surface area contributed by atoms with Gasteiger partial charge in [-0.15, -0.1) is 0 Å². The Labute approximate surface area is 115 Å². The van der Waals surface area contributed by atoms with Crippen LogP contribution >= 0.6 is 11.6 Å². The first-order valence-corrected chi connectivity index (χ1v) is 6.18. The second-order valence-corrected chi connectivity index (χ2v) is 4.55. The van der Waals surface area contributed by atoms with E-state index in [1.807, 2.05) is 30.3 Å². The molecule has 2 aromatic carbocycles. The summed E-state index contributed by atoms with van der Waals surface area (Å²) in [6.45, 7) is 0. The average molecular weight is 271 g/mol. The molecule has 0 aliphatic heterocycles. The van der Waals surface area contributed by atoms with Crippen LogP contribution < -0.4 is 10.5 Å². The first kappa shape index (κ1) is 11.8. The van der Waals surface area contributed by atoms with Crippen molar-refractivity contribution in [3.63, 3.8) is 0 Å². The molecule has 1 aromatic heterocycles. The molecule has 0 bridgehead atoms. The second-order valence-electron chi connectivity index (χ2n) is 4.11. The Morgan fingerprint density at radius 1 is 1.00 bits per heavy atom. The standard InChI is InChI=1S/C15H11ClN2O/c16-10-5-6-15(12(17)9-10)19-14-7-8-18-13-4-2-1-3-11(13)14/h1-9H,17H2. The summed E-state index contributed by atoms with van der Waals surface area (Å²) in [4.78, 5) is 4.29. The molecular formula is C15H11ClN2O. The normalized spacial score (nSPS) is 10.6. The molecule has 0 fully saturated rings. The Kier molecular flexibility index (Phi) is 2.97. The van der Waals surface area contributed by atoms with Gasteiger partial charge in [0.15, 0.2) is 0 Å². The third-order valence-corrected chi connectivity index (χ3v) is 3.04. The van der Waals surface area contributed by atoms with Crippen molar-refractivity contribution in [2.45, 2.75) is 0 Å². The van der Waals surface area contributed by atoms with E-state index in [1.165, 1.54) is 0 Å². The minimum absolute atomic E-state index is 0.508. The van der Waals surface area contributed by atoms with Crippen LogP contribution in [0.5, 0.6) is 11.5 Å². The number of halogens is 1. The summed E-state index contributed by atoms with van der Waals surface area (Å²) in [5.41, 5.74) is 7.28. The van der Waals surface area contributed by atoms with Crippen molar-refractivity contribution in [1.29, 1.82) is 0 Å². The van der Waals surface area contributed by atoms with E-state index in [9.17, 15) is 0 Å². The molecule has 2 N–H and O–H groups in total. The van der Waals surface area contributed by atoms with E-state index >= 15 is 0 Å². The van der Waals surface area contributed by atoms with Crippen LogP contribution in [0.4, 0.5) is 5.69 Å². The van der Waals surface area contributed by atoms with Gasteiger partial charge in [-0.2, -0.15) is 0 Å². The fraction of sp³-hybridized carbons (Fsp3) is 0. The number of anilines is 1. The van der Waals surface area contributed by atoms with Gasteiger partial charge in [-0.25, -0.2) is 0 Å². The lowest BCUT2D eigenvalue weighted by atomic mass is 10.2. The summed E-state index contributed by atoms with van der Waals surface area (Å²) in [5, 5.41) is 1.53. The molecule has 0 aliphatic rings. The predicted molar refractivity (Wildman–Crippen MR) is 77.7 cm³/mol. The van der Waals surface area contributed by atoms with Gasteiger partial charge in [0, 0.05) is 16.6 Å². The molecule has 0 atom stereocenters. The van der Waals surface area contributed by atoms with Crippen LogP contribution in [0, 0.1) is 0 Å². The smallest absolute Gasteiger partial charge is 0.150 e. The van der Waals surface area contributed by atoms with Crippen LogP contribution in [0.15, 0.2) is 54.7 Å². The van der Waals surface area contributed by atoms with Crippen LogP contribution in [0.2, 0.25) is 5.02 Å². The van der Waals surface area contributed by atoms with Gasteiger partial charge in [-0.3, -0.25) is 4.98 Å². The van der Waals surface area contributed by atoms with E-state index in [-0.39, 0.29) is 0 Å². The molecule has 3 aromatic rings. The maximum atomic E-state index is 5.89. The van der Waals surface area contributed by atoms with Crippen molar-refractivity contribution in [2.24, 2.45) is 0 Å². The molecule has 3 nitrogen and oxygen atoms in total. The third kappa shape index (κ3) is 2.33. The number of ether oxygens (including phenoxy) is 1. The van der Waals surface area contributed by atoms with Crippen LogP contribution in [0.25, 0.3) is 10.9 Å². The number of rotatable bonds is 2. The number of aromatic nitrogens is 1. The van der Waals surface area contributed by atoms with Gasteiger partial charge < -0.3 is 10.5 Å². The molecule has 1 heterocycles. The molecule has 0 radical (unpaired) electrons. The highest BCUT2D eigenvalue weighted by molar-refractivity contribution is 6.30. The monoisotopic (exact) mass is 270 g/mol. The maximum absolute atomic E-state index is 5.89. The predicted octanol–water partition coefficient (Wildman–Crippen LogP) is 4.26. The fourth-order valence-electron chi connectivity index (χ4n) is 1.89. The Morgan fingerprint density at radius 3 is 2.68 bits per heavy atom. The summed E-state index contributed by atoms with van der Waals surface area (Å²) in [6.07, 6.45) is 1.71. The number of nitrogens with two attached hydrogens (primary N) is 1. The first-order valence-electron chi connectivity index (χ1n) is 5.81. The number of nitrogen functional groups attached to an aromatic ring is 1. The topological polar surface area (TPSA) is 48.1 Å². The molecule has 0 unspecified atom stereocenters. The molecule has 19 heavy (non-hydrogen) atoms. The summed E-state index contributed by atoms with van der Waals surface area (Å²) < 4.78 is 5.85. The van der Waals surface area contributed by atoms with Gasteiger partial charge >= 0.3 is 0 Å². The van der Waals surface area contributed by atoms with E-state index in [0.29, 0.717) is 16.5 Å². The molecule has 0 spiro atoms. The van der Waals surface area contributed by atoms with Gasteiger partial charge in [0.1, 0.15) is 11.5 Å². The SMILES string of the molecule is Nc1cc(Cl)ccc1Oc1ccnc2ccccc12. The summed E-state index contributed by atoms with van der Waals surface area (Å²) in [5.74, 6) is 1.31. The maximum Gasteiger partial charge on any atom is 0.150 e. The molecule has 4 heteroatoms. The fourth-order valence-corrected chi connectivity index (χ4v) is 2.07. The van der Waals surface area contributed by atoms with E-state index in [1.54, 1.807) is 24.4 Å². The Morgan fingerprint density at radius 2 is 1.84 bits per heavy atom. The highest BCUT2D eigenvalue weighted by Crippen LogP contribution is 2.33. The van der Waals surface area contributed by atoms with Crippen molar-refractivity contribution < 1.29 is 4.74 Å². The molecular weight excluding hydrogens is 260 g/mol. The summed E-state index contributed by atoms with van der Waals surface area (Å²) >= 11 is 5.87. The first-order chi connectivity index (χ1) is 9.24. The lowest BCUT2D eigenvalue weighted by Gasteiger charge is -2.10. The zero-order valence-electron chi connectivity index (χ0n) is 10.0. The van der Waals surface area contributed by atoms with Gasteiger partial charge in [0.25, 0.3) is 0 Å². The minimum atomic E-state index is 0.508. The highest BCUT2D eigenvalue weighted by atomic mass is 35.5. The van der Waals surface area contributed by atoms with Crippen LogP contribution in [-0.4, -0.2) is 4.98 Å². The molecule has 0 aliphatic carbocycles. The summed E-state index contributed by atoms with van der Waals surface area (Å²) in [7, 11) is 0. The van der Waals surface area contributed by atoms with Crippen molar-refractivity contribution in [1.82, 2.24) is 4.98 Å². The van der Waals surface area contributed by atoms with Crippen LogP contribution in [0.1, 0.15) is 0 Å². The molecule has 0 saturated heterocycles. The largest absolute Gasteiger partial charge is 0.454 e. The van der Waals surface area contributed by atoms with Crippen molar-refractivity contribution in [2.75, 3.05) is 5.73 Å². The van der Waals surface area contributed by atoms with Gasteiger partial charge in [0.05, 0.1) is 11.2 Å². The number of para-hydroxylation sites is 1. The zero-order valence-corrected chi connectivity index (χ0v) is 10.8. The number of hydrogen-bond donors (Lipinski definition) is 1. The average Bonchev–Trinajstić information content (AvgIpc) is 2.42. The second kappa shape index (κ2) is 4.78. The van der Waals surface area contributed by atoms with Crippen molar-refractivity contribution >= 4 is 28.2 Å². The van der Waals surface area contributed by atoms with Crippen LogP contribution in [-0.2, 0) is 0 Å². The molecule has 94 valence electrons. The van der Waals surface area contributed by atoms with E-state index in [4.69, 9.17) is 22.1 Å². The summed E-state index contributed by atoms with van der Waals surface area (Å²) in [6, 6.07) is 14.8. The van der Waals surface area contributed by atoms with E-state index in [0.717, 1.165) is 16.7 Å². The lowest BCUT2D eigenvalue weighted by molar-refractivity contribution is 0.490. The Bertz CT molecular complexity index is 738. The van der Waals surface area contributed by atoms with Crippen molar-refractivity contribution in [3.8, 4) is 11.5 Å². The quantitative estimate of drug-likeness (QED) is 0.708. The number of hydrogen-bond acceptors (Lipinski definition) is 3. The van der Waals surface area contributed by atoms with Gasteiger partial charge in [-0.1, -0.05) is 23.7 Å². The Balaban J connectivity index is 2.06. The number of fused-ring (bicyclic) bond motifs is 1. The number of pyridine rings is 1. The lowest BCUT2D eigenvalue weighted by Crippen LogP contribution is -1.93. The van der Waals surface area contributed by atoms with E-state index < -0.39 is 0 Å². The molecule has 0 saturated carbocycles. The van der Waals surface area contributed by atoms with E-state index in [2.05, 4.69) is 4.98 Å². The highest BCUT2D eigenvalue weighted by Gasteiger charge is 2.06.